The molecule has 102 valence electrons. The van der Waals surface area contributed by atoms with Crippen LogP contribution in [0.5, 0.6) is 0 Å². The summed E-state index contributed by atoms with van der Waals surface area (Å²) in [6.07, 6.45) is 5.84. The monoisotopic (exact) mass is 262 g/mol. The molecule has 0 unspecified atom stereocenters. The highest BCUT2D eigenvalue weighted by Gasteiger charge is 2.18. The van der Waals surface area contributed by atoms with Gasteiger partial charge in [0.05, 0.1) is 12.7 Å². The number of carbonyl (C=O) groups is 2. The van der Waals surface area contributed by atoms with Crippen LogP contribution in [0.25, 0.3) is 0 Å². The van der Waals surface area contributed by atoms with E-state index in [0.717, 1.165) is 25.9 Å². The summed E-state index contributed by atoms with van der Waals surface area (Å²) in [6, 6.07) is 3.16. The molecule has 2 heterocycles. The van der Waals surface area contributed by atoms with Gasteiger partial charge in [0.1, 0.15) is 5.69 Å². The van der Waals surface area contributed by atoms with Gasteiger partial charge in [-0.05, 0) is 25.0 Å². The minimum atomic E-state index is -0.443. The predicted octanol–water partition coefficient (Wildman–Crippen LogP) is 1.88. The van der Waals surface area contributed by atoms with Crippen molar-refractivity contribution in [2.75, 3.05) is 20.2 Å². The summed E-state index contributed by atoms with van der Waals surface area (Å²) >= 11 is 0. The van der Waals surface area contributed by atoms with Crippen LogP contribution in [-0.2, 0) is 4.74 Å². The fourth-order valence-electron chi connectivity index (χ4n) is 2.19. The molecule has 1 amide bonds. The summed E-state index contributed by atoms with van der Waals surface area (Å²) in [4.78, 5) is 29.4. The van der Waals surface area contributed by atoms with Crippen LogP contribution < -0.4 is 0 Å². The molecule has 1 fully saturated rings. The fraction of sp³-hybridized carbons (Fsp3) is 0.500. The van der Waals surface area contributed by atoms with Crippen LogP contribution in [0.15, 0.2) is 18.3 Å². The lowest BCUT2D eigenvalue weighted by molar-refractivity contribution is 0.0599. The molecule has 0 spiro atoms. The van der Waals surface area contributed by atoms with Gasteiger partial charge >= 0.3 is 5.97 Å². The molecule has 0 aliphatic carbocycles. The molecule has 1 aromatic heterocycles. The number of methoxy groups -OCH3 is 1. The number of carbonyl (C=O) groups excluding carboxylic acids is 2. The van der Waals surface area contributed by atoms with E-state index in [0.29, 0.717) is 11.3 Å². The van der Waals surface area contributed by atoms with Gasteiger partial charge in [-0.15, -0.1) is 0 Å². The van der Waals surface area contributed by atoms with Crippen LogP contribution in [0.1, 0.15) is 46.5 Å². The van der Waals surface area contributed by atoms with E-state index in [-0.39, 0.29) is 5.91 Å². The van der Waals surface area contributed by atoms with E-state index < -0.39 is 5.97 Å². The first kappa shape index (κ1) is 13.5. The second kappa shape index (κ2) is 6.31. The Bertz CT molecular complexity index is 448. The van der Waals surface area contributed by atoms with Gasteiger partial charge in [0.15, 0.2) is 0 Å². The van der Waals surface area contributed by atoms with Crippen molar-refractivity contribution in [2.24, 2.45) is 0 Å². The number of aromatic nitrogens is 1. The normalized spacial score (nSPS) is 15.7. The van der Waals surface area contributed by atoms with Crippen LogP contribution >= 0.6 is 0 Å². The number of likely N-dealkylation sites (tertiary alicyclic amines) is 1. The van der Waals surface area contributed by atoms with Crippen molar-refractivity contribution in [1.82, 2.24) is 9.88 Å². The van der Waals surface area contributed by atoms with E-state index in [9.17, 15) is 9.59 Å². The Morgan fingerprint density at radius 1 is 1.16 bits per heavy atom. The van der Waals surface area contributed by atoms with Gasteiger partial charge in [-0.2, -0.15) is 0 Å². The van der Waals surface area contributed by atoms with E-state index in [1.807, 2.05) is 4.90 Å². The molecule has 0 N–H and O–H groups in total. The standard InChI is InChI=1S/C14H18N2O3/c1-19-14(18)11-6-7-12(15-10-11)13(17)16-8-4-2-3-5-9-16/h6-7,10H,2-5,8-9H2,1H3. The van der Waals surface area contributed by atoms with Gasteiger partial charge < -0.3 is 9.64 Å². The Labute approximate surface area is 112 Å². The highest BCUT2D eigenvalue weighted by atomic mass is 16.5. The first-order valence-corrected chi connectivity index (χ1v) is 6.56. The summed E-state index contributed by atoms with van der Waals surface area (Å²) in [7, 11) is 1.32. The lowest BCUT2D eigenvalue weighted by Gasteiger charge is -2.19. The molecular weight excluding hydrogens is 244 g/mol. The van der Waals surface area contributed by atoms with Crippen LogP contribution in [0.3, 0.4) is 0 Å². The molecule has 1 aliphatic heterocycles. The van der Waals surface area contributed by atoms with Crippen molar-refractivity contribution in [3.05, 3.63) is 29.6 Å². The Morgan fingerprint density at radius 2 is 1.84 bits per heavy atom. The van der Waals surface area contributed by atoms with Gasteiger partial charge in [0, 0.05) is 19.3 Å². The van der Waals surface area contributed by atoms with Crippen LogP contribution in [0, 0.1) is 0 Å². The average Bonchev–Trinajstić information content (AvgIpc) is 2.75. The second-order valence-corrected chi connectivity index (χ2v) is 4.63. The highest BCUT2D eigenvalue weighted by molar-refractivity contribution is 5.94. The molecular formula is C14H18N2O3. The lowest BCUT2D eigenvalue weighted by Crippen LogP contribution is -2.32. The summed E-state index contributed by atoms with van der Waals surface area (Å²) < 4.78 is 4.60. The van der Waals surface area contributed by atoms with E-state index in [1.54, 1.807) is 12.1 Å². The van der Waals surface area contributed by atoms with Gasteiger partial charge in [0.25, 0.3) is 5.91 Å². The minimum absolute atomic E-state index is 0.0571. The predicted molar refractivity (Wildman–Crippen MR) is 69.9 cm³/mol. The zero-order valence-electron chi connectivity index (χ0n) is 11.1. The number of hydrogen-bond acceptors (Lipinski definition) is 4. The summed E-state index contributed by atoms with van der Waals surface area (Å²) in [6.45, 7) is 1.58. The van der Waals surface area contributed by atoms with Crippen LogP contribution in [0.2, 0.25) is 0 Å². The zero-order chi connectivity index (χ0) is 13.7. The maximum atomic E-state index is 12.3. The highest BCUT2D eigenvalue weighted by Crippen LogP contribution is 2.12. The van der Waals surface area contributed by atoms with E-state index in [1.165, 1.54) is 26.1 Å². The van der Waals surface area contributed by atoms with Gasteiger partial charge in [-0.1, -0.05) is 12.8 Å². The number of ether oxygens (including phenoxy) is 1. The number of nitrogens with zero attached hydrogens (tertiary/aromatic N) is 2. The van der Waals surface area contributed by atoms with Gasteiger partial charge in [0.2, 0.25) is 0 Å². The quantitative estimate of drug-likeness (QED) is 0.764. The number of rotatable bonds is 2. The molecule has 19 heavy (non-hydrogen) atoms. The molecule has 0 atom stereocenters. The molecule has 1 aromatic rings. The number of amides is 1. The minimum Gasteiger partial charge on any atom is -0.465 e. The topological polar surface area (TPSA) is 59.5 Å². The van der Waals surface area contributed by atoms with E-state index in [2.05, 4.69) is 9.72 Å². The van der Waals surface area contributed by atoms with Crippen molar-refractivity contribution < 1.29 is 14.3 Å². The third-order valence-electron chi connectivity index (χ3n) is 3.30. The smallest absolute Gasteiger partial charge is 0.339 e. The van der Waals surface area contributed by atoms with Gasteiger partial charge in [-0.3, -0.25) is 9.78 Å². The summed E-state index contributed by atoms with van der Waals surface area (Å²) in [5.74, 6) is -0.500. The average molecular weight is 262 g/mol. The molecule has 5 heteroatoms. The second-order valence-electron chi connectivity index (χ2n) is 4.63. The Hall–Kier alpha value is -1.91. The van der Waals surface area contributed by atoms with Crippen LogP contribution in [0.4, 0.5) is 0 Å². The number of esters is 1. The summed E-state index contributed by atoms with van der Waals surface area (Å²) in [5.41, 5.74) is 0.740. The Morgan fingerprint density at radius 3 is 2.37 bits per heavy atom. The molecule has 1 aliphatic rings. The van der Waals surface area contributed by atoms with Crippen molar-refractivity contribution in [3.8, 4) is 0 Å². The summed E-state index contributed by atoms with van der Waals surface area (Å²) in [5, 5.41) is 0. The Kier molecular flexibility index (Phi) is 4.49. The fourth-order valence-corrected chi connectivity index (χ4v) is 2.19. The maximum absolute atomic E-state index is 12.3. The first-order valence-electron chi connectivity index (χ1n) is 6.56. The largest absolute Gasteiger partial charge is 0.465 e. The van der Waals surface area contributed by atoms with Crippen molar-refractivity contribution >= 4 is 11.9 Å². The Balaban J connectivity index is 2.08. The third kappa shape index (κ3) is 3.30. The SMILES string of the molecule is COC(=O)c1ccc(C(=O)N2CCCCCC2)nc1. The third-order valence-corrected chi connectivity index (χ3v) is 3.30. The van der Waals surface area contributed by atoms with E-state index >= 15 is 0 Å². The molecule has 5 nitrogen and oxygen atoms in total. The molecule has 0 aromatic carbocycles. The first-order chi connectivity index (χ1) is 9.22. The number of hydrogen-bond donors (Lipinski definition) is 0. The van der Waals surface area contributed by atoms with Crippen molar-refractivity contribution in [3.63, 3.8) is 0 Å². The molecule has 0 radical (unpaired) electrons. The van der Waals surface area contributed by atoms with Crippen molar-refractivity contribution in [1.29, 1.82) is 0 Å². The lowest BCUT2D eigenvalue weighted by atomic mass is 10.2. The van der Waals surface area contributed by atoms with Gasteiger partial charge in [-0.25, -0.2) is 4.79 Å². The zero-order valence-corrected chi connectivity index (χ0v) is 11.1. The van der Waals surface area contributed by atoms with Crippen LogP contribution in [-0.4, -0.2) is 42.0 Å². The van der Waals surface area contributed by atoms with Crippen molar-refractivity contribution in [2.45, 2.75) is 25.7 Å². The molecule has 0 bridgehead atoms. The maximum Gasteiger partial charge on any atom is 0.339 e. The molecule has 1 saturated heterocycles. The molecule has 2 rings (SSSR count). The van der Waals surface area contributed by atoms with E-state index in [4.69, 9.17) is 0 Å². The number of pyridine rings is 1. The molecule has 0 saturated carbocycles.